The third-order valence-electron chi connectivity index (χ3n) is 6.15. The number of para-hydroxylation sites is 1. The molecule has 1 aromatic carbocycles. The van der Waals surface area contributed by atoms with E-state index >= 15 is 0 Å². The number of ether oxygens (including phenoxy) is 2. The van der Waals surface area contributed by atoms with Gasteiger partial charge in [0.1, 0.15) is 5.82 Å². The summed E-state index contributed by atoms with van der Waals surface area (Å²) in [5.74, 6) is 4.43. The van der Waals surface area contributed by atoms with Gasteiger partial charge in [-0.1, -0.05) is 26.0 Å². The van der Waals surface area contributed by atoms with Gasteiger partial charge < -0.3 is 19.7 Å². The zero-order chi connectivity index (χ0) is 19.5. The van der Waals surface area contributed by atoms with E-state index in [1.807, 2.05) is 18.3 Å². The Bertz CT molecular complexity index is 800. The van der Waals surface area contributed by atoms with Gasteiger partial charge in [0.25, 0.3) is 0 Å². The lowest BCUT2D eigenvalue weighted by Gasteiger charge is -2.34. The molecule has 3 heterocycles. The van der Waals surface area contributed by atoms with Crippen LogP contribution in [0.3, 0.4) is 0 Å². The van der Waals surface area contributed by atoms with E-state index in [9.17, 15) is 0 Å². The van der Waals surface area contributed by atoms with E-state index in [-0.39, 0.29) is 6.04 Å². The monoisotopic (exact) mass is 381 g/mol. The van der Waals surface area contributed by atoms with Crippen molar-refractivity contribution in [1.29, 1.82) is 0 Å². The van der Waals surface area contributed by atoms with E-state index < -0.39 is 0 Å². The molecule has 1 N–H and O–H groups in total. The maximum absolute atomic E-state index is 5.61. The van der Waals surface area contributed by atoms with Gasteiger partial charge in [-0.25, -0.2) is 4.98 Å². The first-order chi connectivity index (χ1) is 13.6. The Kier molecular flexibility index (Phi) is 5.72. The molecule has 0 radical (unpaired) electrons. The lowest BCUT2D eigenvalue weighted by atomic mass is 9.87. The first-order valence-corrected chi connectivity index (χ1v) is 10.4. The van der Waals surface area contributed by atoms with Crippen LogP contribution in [0.5, 0.6) is 11.5 Å². The average Bonchev–Trinajstić information content (AvgIpc) is 3.21. The number of hydrogen-bond donors (Lipinski definition) is 1. The summed E-state index contributed by atoms with van der Waals surface area (Å²) in [5, 5.41) is 3.62. The van der Waals surface area contributed by atoms with Crippen LogP contribution < -0.4 is 19.7 Å². The Morgan fingerprint density at radius 3 is 2.75 bits per heavy atom. The fraction of sp³-hybridized carbons (Fsp3) is 0.522. The number of fused-ring (bicyclic) bond motifs is 1. The summed E-state index contributed by atoms with van der Waals surface area (Å²) in [5.41, 5.74) is 2.40. The molecule has 1 saturated heterocycles. The van der Waals surface area contributed by atoms with Crippen LogP contribution in [0.25, 0.3) is 0 Å². The Balaban J connectivity index is 1.38. The van der Waals surface area contributed by atoms with E-state index in [2.05, 4.69) is 54.2 Å². The number of pyridine rings is 1. The standard InChI is InChI=1S/C23H31N3O2/c1-16(2)18-8-11-26(12-9-18)22-13-19(7-10-24-22)17(3)25-14-20-5-4-6-21-23(20)28-15-27-21/h4-7,10,13,16-18,25H,8-9,11-12,14-15H2,1-3H3. The van der Waals surface area contributed by atoms with Crippen molar-refractivity contribution >= 4 is 5.82 Å². The van der Waals surface area contributed by atoms with Crippen molar-refractivity contribution in [3.05, 3.63) is 47.7 Å². The van der Waals surface area contributed by atoms with Crippen LogP contribution in [0.1, 0.15) is 50.8 Å². The van der Waals surface area contributed by atoms with Gasteiger partial charge in [-0.15, -0.1) is 0 Å². The van der Waals surface area contributed by atoms with Crippen LogP contribution in [0, 0.1) is 11.8 Å². The van der Waals surface area contributed by atoms with E-state index in [4.69, 9.17) is 9.47 Å². The molecule has 1 aromatic heterocycles. The summed E-state index contributed by atoms with van der Waals surface area (Å²) in [7, 11) is 0. The summed E-state index contributed by atoms with van der Waals surface area (Å²) >= 11 is 0. The number of benzene rings is 1. The first-order valence-electron chi connectivity index (χ1n) is 10.4. The number of anilines is 1. The topological polar surface area (TPSA) is 46.6 Å². The minimum Gasteiger partial charge on any atom is -0.454 e. The molecule has 0 spiro atoms. The highest BCUT2D eigenvalue weighted by Gasteiger charge is 2.23. The van der Waals surface area contributed by atoms with Crippen LogP contribution in [0.15, 0.2) is 36.5 Å². The minimum absolute atomic E-state index is 0.230. The van der Waals surface area contributed by atoms with Gasteiger partial charge in [0.05, 0.1) is 0 Å². The van der Waals surface area contributed by atoms with Crippen molar-refractivity contribution < 1.29 is 9.47 Å². The van der Waals surface area contributed by atoms with Gasteiger partial charge in [-0.3, -0.25) is 0 Å². The van der Waals surface area contributed by atoms with Crippen LogP contribution >= 0.6 is 0 Å². The van der Waals surface area contributed by atoms with Gasteiger partial charge in [0.15, 0.2) is 11.5 Å². The highest BCUT2D eigenvalue weighted by atomic mass is 16.7. The molecule has 150 valence electrons. The molecule has 28 heavy (non-hydrogen) atoms. The van der Waals surface area contributed by atoms with Crippen LogP contribution in [-0.2, 0) is 6.54 Å². The highest BCUT2D eigenvalue weighted by Crippen LogP contribution is 2.35. The second-order valence-corrected chi connectivity index (χ2v) is 8.27. The molecule has 1 atom stereocenters. The number of aromatic nitrogens is 1. The number of hydrogen-bond acceptors (Lipinski definition) is 5. The zero-order valence-corrected chi connectivity index (χ0v) is 17.1. The normalized spacial score (nSPS) is 17.9. The van der Waals surface area contributed by atoms with Crippen molar-refractivity contribution in [2.75, 3.05) is 24.8 Å². The quantitative estimate of drug-likeness (QED) is 0.796. The fourth-order valence-corrected chi connectivity index (χ4v) is 4.18. The molecule has 0 aliphatic carbocycles. The lowest BCUT2D eigenvalue weighted by molar-refractivity contribution is 0.173. The summed E-state index contributed by atoms with van der Waals surface area (Å²) in [6.07, 6.45) is 4.46. The number of nitrogens with one attached hydrogen (secondary N) is 1. The molecule has 2 aliphatic heterocycles. The van der Waals surface area contributed by atoms with Crippen molar-refractivity contribution in [2.45, 2.75) is 46.2 Å². The molecule has 0 bridgehead atoms. The summed E-state index contributed by atoms with van der Waals surface area (Å²) in [4.78, 5) is 7.08. The maximum Gasteiger partial charge on any atom is 0.231 e. The van der Waals surface area contributed by atoms with Crippen molar-refractivity contribution in [3.63, 3.8) is 0 Å². The number of nitrogens with zero attached hydrogens (tertiary/aromatic N) is 2. The molecule has 5 nitrogen and oxygen atoms in total. The summed E-state index contributed by atoms with van der Waals surface area (Å²) < 4.78 is 11.1. The van der Waals surface area contributed by atoms with E-state index in [1.54, 1.807) is 0 Å². The second kappa shape index (κ2) is 8.39. The third-order valence-corrected chi connectivity index (χ3v) is 6.15. The number of piperidine rings is 1. The Labute approximate surface area is 168 Å². The molecule has 4 rings (SSSR count). The molecular weight excluding hydrogens is 350 g/mol. The van der Waals surface area contributed by atoms with Crippen molar-refractivity contribution in [2.24, 2.45) is 11.8 Å². The van der Waals surface area contributed by atoms with Crippen LogP contribution in [-0.4, -0.2) is 24.9 Å². The lowest BCUT2D eigenvalue weighted by Crippen LogP contribution is -2.35. The zero-order valence-electron chi connectivity index (χ0n) is 17.1. The molecule has 2 aromatic rings. The van der Waals surface area contributed by atoms with Gasteiger partial charge >= 0.3 is 0 Å². The highest BCUT2D eigenvalue weighted by molar-refractivity contribution is 5.48. The molecular formula is C23H31N3O2. The van der Waals surface area contributed by atoms with Gasteiger partial charge in [0, 0.05) is 37.4 Å². The SMILES string of the molecule is CC(NCc1cccc2c1OCO2)c1ccnc(N2CCC(C(C)C)CC2)c1. The van der Waals surface area contributed by atoms with Crippen LogP contribution in [0.2, 0.25) is 0 Å². The van der Waals surface area contributed by atoms with E-state index in [0.29, 0.717) is 6.79 Å². The predicted octanol–water partition coefficient (Wildman–Crippen LogP) is 4.53. The predicted molar refractivity (Wildman–Crippen MR) is 112 cm³/mol. The smallest absolute Gasteiger partial charge is 0.231 e. The van der Waals surface area contributed by atoms with E-state index in [0.717, 1.165) is 54.4 Å². The minimum atomic E-state index is 0.230. The van der Waals surface area contributed by atoms with E-state index in [1.165, 1.54) is 18.4 Å². The first kappa shape index (κ1) is 19.1. The fourth-order valence-electron chi connectivity index (χ4n) is 4.18. The Morgan fingerprint density at radius 2 is 1.96 bits per heavy atom. The third kappa shape index (κ3) is 4.09. The maximum atomic E-state index is 5.61. The molecule has 2 aliphatic rings. The van der Waals surface area contributed by atoms with Crippen LogP contribution in [0.4, 0.5) is 5.82 Å². The molecule has 0 amide bonds. The van der Waals surface area contributed by atoms with Crippen molar-refractivity contribution in [3.8, 4) is 11.5 Å². The molecule has 1 unspecified atom stereocenters. The second-order valence-electron chi connectivity index (χ2n) is 8.27. The average molecular weight is 382 g/mol. The Morgan fingerprint density at radius 1 is 1.14 bits per heavy atom. The van der Waals surface area contributed by atoms with Gasteiger partial charge in [0.2, 0.25) is 6.79 Å². The molecule has 5 heteroatoms. The summed E-state index contributed by atoms with van der Waals surface area (Å²) in [6.45, 7) is 10.1. The van der Waals surface area contributed by atoms with Crippen molar-refractivity contribution in [1.82, 2.24) is 10.3 Å². The molecule has 0 saturated carbocycles. The number of rotatable bonds is 6. The molecule has 1 fully saturated rings. The Hall–Kier alpha value is -2.27. The van der Waals surface area contributed by atoms with Gasteiger partial charge in [-0.2, -0.15) is 0 Å². The van der Waals surface area contributed by atoms with Gasteiger partial charge in [-0.05, 0) is 55.4 Å². The summed E-state index contributed by atoms with van der Waals surface area (Å²) in [6, 6.07) is 10.6. The largest absolute Gasteiger partial charge is 0.454 e.